The van der Waals surface area contributed by atoms with E-state index in [4.69, 9.17) is 9.47 Å². The molecule has 0 unspecified atom stereocenters. The second kappa shape index (κ2) is 11.4. The number of allylic oxidation sites excluding steroid dienone is 2. The summed E-state index contributed by atoms with van der Waals surface area (Å²) in [5, 5.41) is 2.71. The van der Waals surface area contributed by atoms with Crippen molar-refractivity contribution in [2.24, 2.45) is 5.92 Å². The van der Waals surface area contributed by atoms with Gasteiger partial charge < -0.3 is 14.8 Å². The van der Waals surface area contributed by atoms with Crippen LogP contribution in [-0.2, 0) is 23.9 Å². The molecule has 0 saturated heterocycles. The molecule has 0 rings (SSSR count). The number of hydrogen-bond donors (Lipinski definition) is 1. The van der Waals surface area contributed by atoms with E-state index in [-0.39, 0.29) is 31.3 Å². The molecule has 25 heavy (non-hydrogen) atoms. The zero-order chi connectivity index (χ0) is 19.5. The Morgan fingerprint density at radius 2 is 1.76 bits per heavy atom. The Kier molecular flexibility index (Phi) is 10.5. The first kappa shape index (κ1) is 22.9. The van der Waals surface area contributed by atoms with E-state index in [9.17, 15) is 14.4 Å². The molecule has 0 aliphatic carbocycles. The molecule has 0 aromatic heterocycles. The molecule has 142 valence electrons. The third-order valence-corrected chi connectivity index (χ3v) is 3.10. The SMILES string of the molecule is C=CCCC(=O)O[C@H](C)CNC(=O)[C@@H](CC=C)CC(=O)OC(C)(C)C. The van der Waals surface area contributed by atoms with Gasteiger partial charge in [0.15, 0.2) is 0 Å². The van der Waals surface area contributed by atoms with E-state index in [0.29, 0.717) is 12.8 Å². The van der Waals surface area contributed by atoms with Gasteiger partial charge in [-0.25, -0.2) is 0 Å². The van der Waals surface area contributed by atoms with Gasteiger partial charge in [-0.15, -0.1) is 13.2 Å². The Hall–Kier alpha value is -2.11. The van der Waals surface area contributed by atoms with Crippen molar-refractivity contribution in [2.45, 2.75) is 65.1 Å². The van der Waals surface area contributed by atoms with Gasteiger partial charge in [0.1, 0.15) is 11.7 Å². The number of amides is 1. The molecule has 0 saturated carbocycles. The first-order chi connectivity index (χ1) is 11.6. The van der Waals surface area contributed by atoms with Crippen molar-refractivity contribution in [2.75, 3.05) is 6.54 Å². The van der Waals surface area contributed by atoms with Crippen molar-refractivity contribution < 1.29 is 23.9 Å². The maximum atomic E-state index is 12.3. The topological polar surface area (TPSA) is 81.7 Å². The second-order valence-corrected chi connectivity index (χ2v) is 6.88. The van der Waals surface area contributed by atoms with Gasteiger partial charge in [-0.1, -0.05) is 12.2 Å². The van der Waals surface area contributed by atoms with Crippen LogP contribution in [-0.4, -0.2) is 36.1 Å². The number of carbonyl (C=O) groups excluding carboxylic acids is 3. The van der Waals surface area contributed by atoms with Crippen LogP contribution in [0.1, 0.15) is 53.4 Å². The summed E-state index contributed by atoms with van der Waals surface area (Å²) in [6.45, 7) is 14.4. The molecular formula is C19H31NO5. The molecule has 0 fully saturated rings. The molecule has 6 nitrogen and oxygen atoms in total. The lowest BCUT2D eigenvalue weighted by Gasteiger charge is -2.22. The molecule has 0 heterocycles. The zero-order valence-electron chi connectivity index (χ0n) is 15.8. The second-order valence-electron chi connectivity index (χ2n) is 6.88. The number of ether oxygens (including phenoxy) is 2. The fourth-order valence-electron chi connectivity index (χ4n) is 2.00. The van der Waals surface area contributed by atoms with Gasteiger partial charge in [0.05, 0.1) is 18.9 Å². The van der Waals surface area contributed by atoms with Gasteiger partial charge in [0.25, 0.3) is 0 Å². The predicted octanol–water partition coefficient (Wildman–Crippen LogP) is 2.92. The predicted molar refractivity (Wildman–Crippen MR) is 96.8 cm³/mol. The maximum Gasteiger partial charge on any atom is 0.307 e. The fraction of sp³-hybridized carbons (Fsp3) is 0.632. The summed E-state index contributed by atoms with van der Waals surface area (Å²) in [5.74, 6) is -1.62. The van der Waals surface area contributed by atoms with Crippen LogP contribution in [0.15, 0.2) is 25.3 Å². The first-order valence-corrected chi connectivity index (χ1v) is 8.49. The number of hydrogen-bond acceptors (Lipinski definition) is 5. The Bertz CT molecular complexity index is 479. The first-order valence-electron chi connectivity index (χ1n) is 8.49. The van der Waals surface area contributed by atoms with Crippen LogP contribution in [0.3, 0.4) is 0 Å². The molecule has 0 aromatic carbocycles. The molecule has 0 aliphatic rings. The number of nitrogens with one attached hydrogen (secondary N) is 1. The third-order valence-electron chi connectivity index (χ3n) is 3.10. The number of esters is 2. The van der Waals surface area contributed by atoms with Crippen LogP contribution in [0, 0.1) is 5.92 Å². The molecule has 0 aliphatic heterocycles. The summed E-state index contributed by atoms with van der Waals surface area (Å²) in [6, 6.07) is 0. The molecule has 0 radical (unpaired) electrons. The quantitative estimate of drug-likeness (QED) is 0.456. The Morgan fingerprint density at radius 1 is 1.12 bits per heavy atom. The molecule has 0 aromatic rings. The van der Waals surface area contributed by atoms with Crippen molar-refractivity contribution in [3.8, 4) is 0 Å². The Balaban J connectivity index is 4.44. The summed E-state index contributed by atoms with van der Waals surface area (Å²) < 4.78 is 10.4. The van der Waals surface area contributed by atoms with Crippen LogP contribution in [0.2, 0.25) is 0 Å². The van der Waals surface area contributed by atoms with Crippen molar-refractivity contribution in [3.63, 3.8) is 0 Å². The number of rotatable bonds is 11. The minimum Gasteiger partial charge on any atom is -0.461 e. The van der Waals surface area contributed by atoms with E-state index >= 15 is 0 Å². The van der Waals surface area contributed by atoms with Gasteiger partial charge in [0.2, 0.25) is 5.91 Å². The summed E-state index contributed by atoms with van der Waals surface area (Å²) in [7, 11) is 0. The van der Waals surface area contributed by atoms with Crippen molar-refractivity contribution in [1.29, 1.82) is 0 Å². The van der Waals surface area contributed by atoms with Gasteiger partial charge in [-0.2, -0.15) is 0 Å². The normalized spacial score (nSPS) is 13.3. The maximum absolute atomic E-state index is 12.3. The molecular weight excluding hydrogens is 322 g/mol. The van der Waals surface area contributed by atoms with Crippen LogP contribution < -0.4 is 5.32 Å². The summed E-state index contributed by atoms with van der Waals surface area (Å²) in [5.41, 5.74) is -0.597. The largest absolute Gasteiger partial charge is 0.461 e. The highest BCUT2D eigenvalue weighted by atomic mass is 16.6. The monoisotopic (exact) mass is 353 g/mol. The van der Waals surface area contributed by atoms with E-state index in [1.54, 1.807) is 39.8 Å². The van der Waals surface area contributed by atoms with Crippen molar-refractivity contribution in [1.82, 2.24) is 5.32 Å². The van der Waals surface area contributed by atoms with E-state index in [0.717, 1.165) is 0 Å². The lowest BCUT2D eigenvalue weighted by atomic mass is 10.00. The molecule has 1 amide bonds. The molecule has 2 atom stereocenters. The van der Waals surface area contributed by atoms with Gasteiger partial charge in [-0.05, 0) is 40.5 Å². The van der Waals surface area contributed by atoms with Gasteiger partial charge in [0, 0.05) is 6.42 Å². The van der Waals surface area contributed by atoms with E-state index in [1.165, 1.54) is 0 Å². The summed E-state index contributed by atoms with van der Waals surface area (Å²) in [6.07, 6.45) is 3.93. The lowest BCUT2D eigenvalue weighted by molar-refractivity contribution is -0.157. The van der Waals surface area contributed by atoms with Crippen molar-refractivity contribution in [3.05, 3.63) is 25.3 Å². The van der Waals surface area contributed by atoms with Crippen molar-refractivity contribution >= 4 is 17.8 Å². The average molecular weight is 353 g/mol. The van der Waals surface area contributed by atoms with E-state index in [2.05, 4.69) is 18.5 Å². The van der Waals surface area contributed by atoms with Gasteiger partial charge >= 0.3 is 11.9 Å². The molecule has 0 spiro atoms. The molecule has 6 heteroatoms. The Morgan fingerprint density at radius 3 is 2.28 bits per heavy atom. The van der Waals surface area contributed by atoms with Crippen LogP contribution in [0.25, 0.3) is 0 Å². The van der Waals surface area contributed by atoms with Crippen LogP contribution >= 0.6 is 0 Å². The standard InChI is InChI=1S/C19H31NO5/c1-7-9-11-16(21)24-14(3)13-20-18(23)15(10-8-2)12-17(22)25-19(4,5)6/h7-8,14-15H,1-2,9-13H2,3-6H3,(H,20,23)/t14-,15+/m1/s1. The smallest absolute Gasteiger partial charge is 0.307 e. The summed E-state index contributed by atoms with van der Waals surface area (Å²) in [4.78, 5) is 35.7. The zero-order valence-corrected chi connectivity index (χ0v) is 15.8. The molecule has 1 N–H and O–H groups in total. The average Bonchev–Trinajstić information content (AvgIpc) is 2.48. The highest BCUT2D eigenvalue weighted by molar-refractivity contribution is 5.84. The fourth-order valence-corrected chi connectivity index (χ4v) is 2.00. The van der Waals surface area contributed by atoms with E-state index < -0.39 is 23.6 Å². The lowest BCUT2D eigenvalue weighted by Crippen LogP contribution is -2.38. The van der Waals surface area contributed by atoms with Gasteiger partial charge in [-0.3, -0.25) is 14.4 Å². The summed E-state index contributed by atoms with van der Waals surface area (Å²) >= 11 is 0. The highest BCUT2D eigenvalue weighted by Gasteiger charge is 2.25. The third kappa shape index (κ3) is 12.0. The molecule has 0 bridgehead atoms. The minimum atomic E-state index is -0.597. The minimum absolute atomic E-state index is 0.0252. The van der Waals surface area contributed by atoms with Crippen LogP contribution in [0.4, 0.5) is 0 Å². The van der Waals surface area contributed by atoms with Crippen LogP contribution in [0.5, 0.6) is 0 Å². The Labute approximate surface area is 150 Å². The highest BCUT2D eigenvalue weighted by Crippen LogP contribution is 2.15. The number of carbonyl (C=O) groups is 3. The van der Waals surface area contributed by atoms with E-state index in [1.807, 2.05) is 0 Å².